The van der Waals surface area contributed by atoms with E-state index in [1.54, 1.807) is 0 Å². The fraction of sp³-hybridized carbons (Fsp3) is 0.474. The van der Waals surface area contributed by atoms with Crippen molar-refractivity contribution in [3.05, 3.63) is 35.0 Å². The van der Waals surface area contributed by atoms with E-state index in [4.69, 9.17) is 5.10 Å². The molecule has 4 rings (SSSR count). The number of hydrogen-bond acceptors (Lipinski definition) is 4. The molecule has 0 radical (unpaired) electrons. The lowest BCUT2D eigenvalue weighted by atomic mass is 9.92. The second kappa shape index (κ2) is 5.96. The van der Waals surface area contributed by atoms with Gasteiger partial charge in [-0.15, -0.1) is 0 Å². The molecule has 1 aromatic carbocycles. The van der Waals surface area contributed by atoms with Gasteiger partial charge in [-0.05, 0) is 42.9 Å². The average molecular weight is 323 g/mol. The Morgan fingerprint density at radius 2 is 2.12 bits per heavy atom. The Hall–Kier alpha value is -2.30. The van der Waals surface area contributed by atoms with Gasteiger partial charge in [0.15, 0.2) is 0 Å². The Bertz CT molecular complexity index is 828. The van der Waals surface area contributed by atoms with Crippen LogP contribution in [0.5, 0.6) is 0 Å². The minimum atomic E-state index is 0.531. The first-order valence-corrected chi connectivity index (χ1v) is 8.88. The molecule has 0 fully saturated rings. The molecule has 0 amide bonds. The SMILES string of the molecule is CC(C)c1ccc2[nH]c3c(c2c1)C(=NN(C)C1=NCCN1)CCC3. The number of benzene rings is 1. The Kier molecular flexibility index (Phi) is 3.79. The number of rotatable bonds is 2. The number of hydrogen-bond donors (Lipinski definition) is 2. The molecular formula is C19H25N5. The third-order valence-corrected chi connectivity index (χ3v) is 4.93. The number of nitrogens with zero attached hydrogens (tertiary/aromatic N) is 3. The summed E-state index contributed by atoms with van der Waals surface area (Å²) in [6, 6.07) is 6.78. The minimum absolute atomic E-state index is 0.531. The molecule has 0 saturated carbocycles. The van der Waals surface area contributed by atoms with Crippen molar-refractivity contribution >= 4 is 22.6 Å². The normalized spacial score (nSPS) is 18.8. The standard InChI is InChI=1S/C19H25N5/c1-12(2)13-7-8-15-14(11-13)18-16(22-15)5-4-6-17(18)23-24(3)19-20-9-10-21-19/h7-8,11-12,22H,4-6,9-10H2,1-3H3,(H,20,21). The first kappa shape index (κ1) is 15.2. The molecule has 2 N–H and O–H groups in total. The van der Waals surface area contributed by atoms with E-state index in [-0.39, 0.29) is 0 Å². The van der Waals surface area contributed by atoms with Crippen molar-refractivity contribution in [2.24, 2.45) is 10.1 Å². The molecule has 2 heterocycles. The molecule has 5 heteroatoms. The van der Waals surface area contributed by atoms with Crippen molar-refractivity contribution < 1.29 is 0 Å². The van der Waals surface area contributed by atoms with Gasteiger partial charge in [-0.3, -0.25) is 0 Å². The topological polar surface area (TPSA) is 55.8 Å². The lowest BCUT2D eigenvalue weighted by Crippen LogP contribution is -2.33. The predicted molar refractivity (Wildman–Crippen MR) is 99.9 cm³/mol. The van der Waals surface area contributed by atoms with Crippen molar-refractivity contribution in [1.29, 1.82) is 0 Å². The molecular weight excluding hydrogens is 298 g/mol. The van der Waals surface area contributed by atoms with E-state index in [1.165, 1.54) is 33.4 Å². The van der Waals surface area contributed by atoms with Crippen LogP contribution in [-0.2, 0) is 6.42 Å². The predicted octanol–water partition coefficient (Wildman–Crippen LogP) is 3.22. The zero-order valence-corrected chi connectivity index (χ0v) is 14.7. The fourth-order valence-electron chi connectivity index (χ4n) is 3.63. The van der Waals surface area contributed by atoms with E-state index >= 15 is 0 Å². The summed E-state index contributed by atoms with van der Waals surface area (Å²) < 4.78 is 0. The van der Waals surface area contributed by atoms with E-state index < -0.39 is 0 Å². The van der Waals surface area contributed by atoms with Crippen molar-refractivity contribution in [1.82, 2.24) is 15.3 Å². The zero-order chi connectivity index (χ0) is 16.7. The number of aliphatic imine (C=N–C) groups is 1. The molecule has 0 unspecified atom stereocenters. The summed E-state index contributed by atoms with van der Waals surface area (Å²) in [4.78, 5) is 8.07. The van der Waals surface area contributed by atoms with Crippen LogP contribution in [0.25, 0.3) is 10.9 Å². The number of fused-ring (bicyclic) bond motifs is 3. The summed E-state index contributed by atoms with van der Waals surface area (Å²) in [6.07, 6.45) is 3.26. The Balaban J connectivity index is 1.80. The fourth-order valence-corrected chi connectivity index (χ4v) is 3.63. The number of guanidine groups is 1. The molecule has 1 aromatic heterocycles. The number of aromatic amines is 1. The third kappa shape index (κ3) is 2.58. The van der Waals surface area contributed by atoms with Crippen molar-refractivity contribution in [3.8, 4) is 0 Å². The van der Waals surface area contributed by atoms with Gasteiger partial charge < -0.3 is 10.3 Å². The van der Waals surface area contributed by atoms with Crippen molar-refractivity contribution in [2.75, 3.05) is 20.1 Å². The maximum absolute atomic E-state index is 4.89. The van der Waals surface area contributed by atoms with E-state index in [2.05, 4.69) is 47.3 Å². The van der Waals surface area contributed by atoms with Gasteiger partial charge in [-0.1, -0.05) is 19.9 Å². The Morgan fingerprint density at radius 3 is 2.88 bits per heavy atom. The Labute approximate surface area is 142 Å². The lowest BCUT2D eigenvalue weighted by Gasteiger charge is -2.19. The molecule has 2 aliphatic rings. The Morgan fingerprint density at radius 1 is 1.25 bits per heavy atom. The highest BCUT2D eigenvalue weighted by molar-refractivity contribution is 6.13. The van der Waals surface area contributed by atoms with E-state index in [0.717, 1.165) is 38.3 Å². The van der Waals surface area contributed by atoms with E-state index in [9.17, 15) is 0 Å². The van der Waals surface area contributed by atoms with Gasteiger partial charge in [0.05, 0.1) is 12.3 Å². The number of nitrogens with one attached hydrogen (secondary N) is 2. The monoisotopic (exact) mass is 323 g/mol. The molecule has 5 nitrogen and oxygen atoms in total. The summed E-state index contributed by atoms with van der Waals surface area (Å²) in [6.45, 7) is 6.22. The zero-order valence-electron chi connectivity index (χ0n) is 14.7. The second-order valence-electron chi connectivity index (χ2n) is 6.99. The first-order valence-electron chi connectivity index (χ1n) is 8.88. The van der Waals surface area contributed by atoms with Gasteiger partial charge in [-0.25, -0.2) is 10.0 Å². The second-order valence-corrected chi connectivity index (χ2v) is 6.99. The van der Waals surface area contributed by atoms with E-state index in [0.29, 0.717) is 5.92 Å². The minimum Gasteiger partial charge on any atom is -0.358 e. The van der Waals surface area contributed by atoms with Crippen LogP contribution in [0, 0.1) is 0 Å². The maximum Gasteiger partial charge on any atom is 0.214 e. The van der Waals surface area contributed by atoms with Gasteiger partial charge in [0.2, 0.25) is 5.96 Å². The van der Waals surface area contributed by atoms with Crippen LogP contribution in [0.2, 0.25) is 0 Å². The lowest BCUT2D eigenvalue weighted by molar-refractivity contribution is 0.524. The van der Waals surface area contributed by atoms with Crippen LogP contribution in [0.3, 0.4) is 0 Å². The van der Waals surface area contributed by atoms with Gasteiger partial charge in [-0.2, -0.15) is 5.10 Å². The summed E-state index contributed by atoms with van der Waals surface area (Å²) >= 11 is 0. The van der Waals surface area contributed by atoms with Crippen LogP contribution in [0.1, 0.15) is 49.4 Å². The average Bonchev–Trinajstić information content (AvgIpc) is 3.22. The van der Waals surface area contributed by atoms with Gasteiger partial charge in [0.25, 0.3) is 0 Å². The van der Waals surface area contributed by atoms with Crippen molar-refractivity contribution in [3.63, 3.8) is 0 Å². The van der Waals surface area contributed by atoms with Gasteiger partial charge in [0, 0.05) is 35.8 Å². The molecule has 0 spiro atoms. The van der Waals surface area contributed by atoms with Crippen LogP contribution in [0.4, 0.5) is 0 Å². The highest BCUT2D eigenvalue weighted by Gasteiger charge is 2.23. The quantitative estimate of drug-likeness (QED) is 0.834. The molecule has 2 aromatic rings. The molecule has 24 heavy (non-hydrogen) atoms. The molecule has 1 aliphatic heterocycles. The van der Waals surface area contributed by atoms with Crippen LogP contribution in [0.15, 0.2) is 28.3 Å². The molecule has 0 atom stereocenters. The number of aryl methyl sites for hydroxylation is 1. The van der Waals surface area contributed by atoms with Crippen LogP contribution >= 0.6 is 0 Å². The largest absolute Gasteiger partial charge is 0.358 e. The summed E-state index contributed by atoms with van der Waals surface area (Å²) in [5.41, 5.74) is 6.40. The van der Waals surface area contributed by atoms with E-state index in [1.807, 2.05) is 12.1 Å². The first-order chi connectivity index (χ1) is 11.6. The number of H-pyrrole nitrogens is 1. The molecule has 1 aliphatic carbocycles. The summed E-state index contributed by atoms with van der Waals surface area (Å²) in [5.74, 6) is 1.40. The molecule has 0 bridgehead atoms. The smallest absolute Gasteiger partial charge is 0.214 e. The van der Waals surface area contributed by atoms with Crippen LogP contribution in [-0.4, -0.2) is 41.8 Å². The molecule has 126 valence electrons. The summed E-state index contributed by atoms with van der Waals surface area (Å²) in [7, 11) is 1.98. The highest BCUT2D eigenvalue weighted by atomic mass is 15.5. The number of hydrazone groups is 1. The van der Waals surface area contributed by atoms with Crippen LogP contribution < -0.4 is 5.32 Å². The number of aromatic nitrogens is 1. The highest BCUT2D eigenvalue weighted by Crippen LogP contribution is 2.31. The summed E-state index contributed by atoms with van der Waals surface area (Å²) in [5, 5.41) is 11.4. The van der Waals surface area contributed by atoms with Gasteiger partial charge in [0.1, 0.15) is 0 Å². The van der Waals surface area contributed by atoms with Crippen molar-refractivity contribution in [2.45, 2.75) is 39.0 Å². The van der Waals surface area contributed by atoms with Gasteiger partial charge >= 0.3 is 0 Å². The maximum atomic E-state index is 4.89. The third-order valence-electron chi connectivity index (χ3n) is 4.93. The molecule has 0 saturated heterocycles.